The molecule has 0 saturated heterocycles. The lowest BCUT2D eigenvalue weighted by Crippen LogP contribution is -2.07. The Balaban J connectivity index is 2.06. The van der Waals surface area contributed by atoms with E-state index in [0.717, 1.165) is 29.0 Å². The van der Waals surface area contributed by atoms with Crippen molar-refractivity contribution in [2.75, 3.05) is 0 Å². The van der Waals surface area contributed by atoms with Gasteiger partial charge in [0.15, 0.2) is 5.16 Å². The summed E-state index contributed by atoms with van der Waals surface area (Å²) in [7, 11) is 0. The van der Waals surface area contributed by atoms with Crippen molar-refractivity contribution in [3.8, 4) is 0 Å². The van der Waals surface area contributed by atoms with Crippen LogP contribution in [0.3, 0.4) is 0 Å². The number of aromatic nitrogens is 3. The average Bonchev–Trinajstić information content (AvgIpc) is 2.94. The lowest BCUT2D eigenvalue weighted by atomic mass is 10.5. The molecule has 0 unspecified atom stereocenters. The third kappa shape index (κ3) is 2.28. The second-order valence-corrected chi connectivity index (χ2v) is 4.16. The summed E-state index contributed by atoms with van der Waals surface area (Å²) in [6, 6.07) is 3.83. The molecule has 2 aromatic rings. The normalized spacial score (nSPS) is 10.9. The zero-order chi connectivity index (χ0) is 11.4. The molecule has 0 atom stereocenters. The van der Waals surface area contributed by atoms with Crippen LogP contribution in [0.1, 0.15) is 18.5 Å². The van der Waals surface area contributed by atoms with Crippen LogP contribution in [0.4, 0.5) is 0 Å². The highest BCUT2D eigenvalue weighted by atomic mass is 32.2. The molecule has 2 rings (SSSR count). The third-order valence-corrected chi connectivity index (χ3v) is 3.20. The number of hydrogen-bond donors (Lipinski definition) is 1. The minimum atomic E-state index is 0.419. The Morgan fingerprint density at radius 2 is 2.38 bits per heavy atom. The van der Waals surface area contributed by atoms with Crippen molar-refractivity contribution in [2.24, 2.45) is 5.73 Å². The number of hydrogen-bond acceptors (Lipinski definition) is 5. The van der Waals surface area contributed by atoms with Gasteiger partial charge in [0.2, 0.25) is 0 Å². The van der Waals surface area contributed by atoms with Gasteiger partial charge in [-0.15, -0.1) is 10.2 Å². The molecule has 16 heavy (non-hydrogen) atoms. The Morgan fingerprint density at radius 3 is 3.00 bits per heavy atom. The Kier molecular flexibility index (Phi) is 3.63. The van der Waals surface area contributed by atoms with Crippen molar-refractivity contribution < 1.29 is 4.42 Å². The van der Waals surface area contributed by atoms with Gasteiger partial charge in [0.25, 0.3) is 0 Å². The van der Waals surface area contributed by atoms with Crippen LogP contribution in [0.5, 0.6) is 0 Å². The maximum absolute atomic E-state index is 5.58. The highest BCUT2D eigenvalue weighted by Gasteiger charge is 2.10. The summed E-state index contributed by atoms with van der Waals surface area (Å²) < 4.78 is 7.28. The molecule has 86 valence electrons. The quantitative estimate of drug-likeness (QED) is 0.802. The van der Waals surface area contributed by atoms with E-state index in [2.05, 4.69) is 17.1 Å². The zero-order valence-corrected chi connectivity index (χ0v) is 9.91. The van der Waals surface area contributed by atoms with Gasteiger partial charge in [0.05, 0.1) is 18.6 Å². The Hall–Kier alpha value is -1.27. The first-order valence-electron chi connectivity index (χ1n) is 5.12. The summed E-state index contributed by atoms with van der Waals surface area (Å²) in [4.78, 5) is 0. The van der Waals surface area contributed by atoms with Gasteiger partial charge in [-0.3, -0.25) is 0 Å². The van der Waals surface area contributed by atoms with Gasteiger partial charge in [0.1, 0.15) is 11.6 Å². The van der Waals surface area contributed by atoms with E-state index < -0.39 is 0 Å². The maximum Gasteiger partial charge on any atom is 0.191 e. The largest absolute Gasteiger partial charge is 0.468 e. The van der Waals surface area contributed by atoms with Crippen LogP contribution in [-0.4, -0.2) is 14.8 Å². The minimum absolute atomic E-state index is 0.419. The summed E-state index contributed by atoms with van der Waals surface area (Å²) in [6.45, 7) is 3.31. The van der Waals surface area contributed by atoms with Crippen LogP contribution < -0.4 is 5.73 Å². The molecule has 2 N–H and O–H groups in total. The zero-order valence-electron chi connectivity index (χ0n) is 9.09. The summed E-state index contributed by atoms with van der Waals surface area (Å²) in [5, 5.41) is 9.04. The number of rotatable bonds is 5. The molecule has 0 aromatic carbocycles. The molecular formula is C10H14N4OS. The maximum atomic E-state index is 5.58. The van der Waals surface area contributed by atoms with Crippen LogP contribution in [-0.2, 0) is 18.8 Å². The first kappa shape index (κ1) is 11.2. The summed E-state index contributed by atoms with van der Waals surface area (Å²) in [6.07, 6.45) is 1.67. The van der Waals surface area contributed by atoms with Crippen molar-refractivity contribution in [2.45, 2.75) is 30.9 Å². The third-order valence-electron chi connectivity index (χ3n) is 2.22. The van der Waals surface area contributed by atoms with Crippen LogP contribution in [0, 0.1) is 0 Å². The molecule has 0 saturated carbocycles. The number of nitrogens with zero attached hydrogens (tertiary/aromatic N) is 3. The predicted octanol–water partition coefficient (Wildman–Crippen LogP) is 1.64. The SMILES string of the molecule is CCn1c(CN)nnc1SCc1ccco1. The molecule has 0 aliphatic carbocycles. The van der Waals surface area contributed by atoms with Gasteiger partial charge < -0.3 is 14.7 Å². The topological polar surface area (TPSA) is 69.9 Å². The van der Waals surface area contributed by atoms with Crippen molar-refractivity contribution in [1.82, 2.24) is 14.8 Å². The minimum Gasteiger partial charge on any atom is -0.468 e. The van der Waals surface area contributed by atoms with Gasteiger partial charge >= 0.3 is 0 Å². The van der Waals surface area contributed by atoms with Gasteiger partial charge in [0, 0.05) is 6.54 Å². The van der Waals surface area contributed by atoms with E-state index in [4.69, 9.17) is 10.2 Å². The second-order valence-electron chi connectivity index (χ2n) is 3.22. The van der Waals surface area contributed by atoms with Crippen molar-refractivity contribution in [3.63, 3.8) is 0 Å². The fraction of sp³-hybridized carbons (Fsp3) is 0.400. The van der Waals surface area contributed by atoms with E-state index in [1.165, 1.54) is 0 Å². The first-order chi connectivity index (χ1) is 7.85. The number of furan rings is 1. The molecule has 0 bridgehead atoms. The monoisotopic (exact) mass is 238 g/mol. The molecule has 0 fully saturated rings. The lowest BCUT2D eigenvalue weighted by molar-refractivity contribution is 0.530. The average molecular weight is 238 g/mol. The molecule has 0 amide bonds. The molecule has 5 nitrogen and oxygen atoms in total. The van der Waals surface area contributed by atoms with E-state index >= 15 is 0 Å². The molecule has 0 radical (unpaired) electrons. The van der Waals surface area contributed by atoms with Gasteiger partial charge in [-0.1, -0.05) is 11.8 Å². The molecule has 0 aliphatic rings. The van der Waals surface area contributed by atoms with Crippen molar-refractivity contribution >= 4 is 11.8 Å². The van der Waals surface area contributed by atoms with Crippen LogP contribution >= 0.6 is 11.8 Å². The highest BCUT2D eigenvalue weighted by molar-refractivity contribution is 7.98. The fourth-order valence-corrected chi connectivity index (χ4v) is 2.35. The molecule has 0 aliphatic heterocycles. The van der Waals surface area contributed by atoms with E-state index in [1.807, 2.05) is 16.7 Å². The van der Waals surface area contributed by atoms with Crippen LogP contribution in [0.2, 0.25) is 0 Å². The summed E-state index contributed by atoms with van der Waals surface area (Å²) >= 11 is 1.61. The van der Waals surface area contributed by atoms with Crippen molar-refractivity contribution in [3.05, 3.63) is 30.0 Å². The number of thioether (sulfide) groups is 1. The van der Waals surface area contributed by atoms with E-state index in [1.54, 1.807) is 18.0 Å². The van der Waals surface area contributed by atoms with E-state index in [0.29, 0.717) is 6.54 Å². The Bertz CT molecular complexity index is 438. The Labute approximate surface area is 98.0 Å². The molecule has 2 heterocycles. The van der Waals surface area contributed by atoms with E-state index in [9.17, 15) is 0 Å². The molecule has 6 heteroatoms. The van der Waals surface area contributed by atoms with Gasteiger partial charge in [-0.05, 0) is 19.1 Å². The predicted molar refractivity (Wildman–Crippen MR) is 61.9 cm³/mol. The summed E-state index contributed by atoms with van der Waals surface area (Å²) in [5.74, 6) is 2.52. The fourth-order valence-electron chi connectivity index (χ4n) is 1.42. The standard InChI is InChI=1S/C10H14N4OS/c1-2-14-9(6-11)12-13-10(14)16-7-8-4-3-5-15-8/h3-5H,2,6-7,11H2,1H3. The van der Waals surface area contributed by atoms with Gasteiger partial charge in [-0.25, -0.2) is 0 Å². The van der Waals surface area contributed by atoms with Crippen LogP contribution in [0.25, 0.3) is 0 Å². The molecule has 0 spiro atoms. The van der Waals surface area contributed by atoms with E-state index in [-0.39, 0.29) is 0 Å². The van der Waals surface area contributed by atoms with Crippen LogP contribution in [0.15, 0.2) is 28.0 Å². The summed E-state index contributed by atoms with van der Waals surface area (Å²) in [5.41, 5.74) is 5.58. The molecule has 2 aromatic heterocycles. The second kappa shape index (κ2) is 5.18. The highest BCUT2D eigenvalue weighted by Crippen LogP contribution is 2.21. The first-order valence-corrected chi connectivity index (χ1v) is 6.11. The molecular weight excluding hydrogens is 224 g/mol. The van der Waals surface area contributed by atoms with Crippen molar-refractivity contribution in [1.29, 1.82) is 0 Å². The smallest absolute Gasteiger partial charge is 0.191 e. The lowest BCUT2D eigenvalue weighted by Gasteiger charge is -2.04. The van der Waals surface area contributed by atoms with Gasteiger partial charge in [-0.2, -0.15) is 0 Å². The number of nitrogens with two attached hydrogens (primary N) is 1. The Morgan fingerprint density at radius 1 is 1.50 bits per heavy atom.